The van der Waals surface area contributed by atoms with Crippen molar-refractivity contribution in [1.29, 1.82) is 0 Å². The maximum atomic E-state index is 12.1. The molecule has 0 radical (unpaired) electrons. The molecular formula is C15H21N3O3S. The molecule has 0 aromatic heterocycles. The highest BCUT2D eigenvalue weighted by Crippen LogP contribution is 2.24. The summed E-state index contributed by atoms with van der Waals surface area (Å²) in [6.45, 7) is 5.51. The summed E-state index contributed by atoms with van der Waals surface area (Å²) >= 11 is 0. The molecule has 1 aromatic rings. The monoisotopic (exact) mass is 323 g/mol. The largest absolute Gasteiger partial charge is 0.370 e. The summed E-state index contributed by atoms with van der Waals surface area (Å²) < 4.78 is 24.0. The van der Waals surface area contributed by atoms with Crippen molar-refractivity contribution < 1.29 is 13.2 Å². The fraction of sp³-hybridized carbons (Fsp3) is 0.333. The molecule has 0 fully saturated rings. The third kappa shape index (κ3) is 4.42. The van der Waals surface area contributed by atoms with Gasteiger partial charge in [-0.2, -0.15) is 4.99 Å². The molecule has 0 bridgehead atoms. The molecule has 0 heterocycles. The number of hydrogen-bond acceptors (Lipinski definition) is 3. The minimum absolute atomic E-state index is 0.126. The number of nitrogens with two attached hydrogens (primary N) is 2. The second-order valence-electron chi connectivity index (χ2n) is 4.91. The molecule has 0 aliphatic heterocycles. The number of amides is 1. The molecule has 0 spiro atoms. The first kappa shape index (κ1) is 17.9. The van der Waals surface area contributed by atoms with E-state index in [2.05, 4.69) is 11.6 Å². The molecule has 1 aromatic carbocycles. The molecule has 120 valence electrons. The number of carbonyl (C=O) groups is 1. The van der Waals surface area contributed by atoms with Crippen LogP contribution in [0.15, 0.2) is 34.7 Å². The van der Waals surface area contributed by atoms with Crippen molar-refractivity contribution in [2.24, 2.45) is 16.5 Å². The Labute approximate surface area is 130 Å². The van der Waals surface area contributed by atoms with Gasteiger partial charge in [-0.1, -0.05) is 19.1 Å². The summed E-state index contributed by atoms with van der Waals surface area (Å²) in [5.74, 6) is -0.999. The van der Waals surface area contributed by atoms with Gasteiger partial charge in [0.15, 0.2) is 15.8 Å². The number of aryl methyl sites for hydroxylation is 2. The van der Waals surface area contributed by atoms with Gasteiger partial charge in [-0.3, -0.25) is 4.79 Å². The highest BCUT2D eigenvalue weighted by molar-refractivity contribution is 7.90. The van der Waals surface area contributed by atoms with Gasteiger partial charge in [0.2, 0.25) is 0 Å². The Bertz CT molecular complexity index is 718. The second kappa shape index (κ2) is 7.22. The van der Waals surface area contributed by atoms with E-state index in [0.29, 0.717) is 30.4 Å². The molecule has 0 atom stereocenters. The molecule has 0 unspecified atom stereocenters. The summed E-state index contributed by atoms with van der Waals surface area (Å²) in [6, 6.07) is 3.09. The highest BCUT2D eigenvalue weighted by Gasteiger charge is 2.19. The minimum atomic E-state index is -3.47. The Morgan fingerprint density at radius 2 is 1.95 bits per heavy atom. The quantitative estimate of drug-likeness (QED) is 0.463. The van der Waals surface area contributed by atoms with Crippen molar-refractivity contribution in [3.05, 3.63) is 41.5 Å². The first-order chi connectivity index (χ1) is 10.2. The average molecular weight is 323 g/mol. The molecule has 4 N–H and O–H groups in total. The van der Waals surface area contributed by atoms with Crippen LogP contribution >= 0.6 is 0 Å². The van der Waals surface area contributed by atoms with E-state index in [1.165, 1.54) is 6.07 Å². The van der Waals surface area contributed by atoms with E-state index in [-0.39, 0.29) is 16.4 Å². The van der Waals surface area contributed by atoms with Crippen LogP contribution < -0.4 is 11.5 Å². The van der Waals surface area contributed by atoms with E-state index in [4.69, 9.17) is 11.5 Å². The topological polar surface area (TPSA) is 116 Å². The number of hydrogen-bond donors (Lipinski definition) is 2. The number of rotatable bonds is 6. The molecule has 0 aliphatic carbocycles. The molecule has 1 rings (SSSR count). The molecular weight excluding hydrogens is 302 g/mol. The van der Waals surface area contributed by atoms with Gasteiger partial charge in [-0.25, -0.2) is 8.42 Å². The second-order valence-corrected chi connectivity index (χ2v) is 6.90. The number of aliphatic imine (C=N–C) groups is 1. The summed E-state index contributed by atoms with van der Waals surface area (Å²) in [4.78, 5) is 15.7. The molecule has 0 saturated carbocycles. The minimum Gasteiger partial charge on any atom is -0.370 e. The van der Waals surface area contributed by atoms with Crippen molar-refractivity contribution in [3.63, 3.8) is 0 Å². The van der Waals surface area contributed by atoms with Gasteiger partial charge in [-0.15, -0.1) is 6.58 Å². The maximum absolute atomic E-state index is 12.1. The third-order valence-corrected chi connectivity index (χ3v) is 4.32. The predicted octanol–water partition coefficient (Wildman–Crippen LogP) is 1.18. The van der Waals surface area contributed by atoms with Crippen molar-refractivity contribution in [2.45, 2.75) is 31.1 Å². The normalized spacial score (nSPS) is 11.0. The Kier molecular flexibility index (Phi) is 5.87. The van der Waals surface area contributed by atoms with Crippen LogP contribution in [0.2, 0.25) is 0 Å². The summed E-state index contributed by atoms with van der Waals surface area (Å²) in [5, 5.41) is 0. The third-order valence-electron chi connectivity index (χ3n) is 3.15. The van der Waals surface area contributed by atoms with Gasteiger partial charge >= 0.3 is 0 Å². The summed E-state index contributed by atoms with van der Waals surface area (Å²) in [5.41, 5.74) is 12.0. The standard InChI is InChI=1S/C15H21N3O3S/c1-4-6-7-11-8-10(5-2)12(14(19)18-15(16)17)9-13(11)22(3,20)21/h4,8-9H,1,5-7H2,2-3H3,(H4,16,17,18,19). The molecule has 0 aliphatic rings. The lowest BCUT2D eigenvalue weighted by atomic mass is 9.99. The Balaban J connectivity index is 3.56. The molecule has 1 amide bonds. The Hall–Kier alpha value is -2.15. The number of guanidine groups is 1. The van der Waals surface area contributed by atoms with Gasteiger partial charge in [0, 0.05) is 11.8 Å². The highest BCUT2D eigenvalue weighted by atomic mass is 32.2. The smallest absolute Gasteiger partial charge is 0.280 e. The lowest BCUT2D eigenvalue weighted by Gasteiger charge is -2.13. The predicted molar refractivity (Wildman–Crippen MR) is 87.6 cm³/mol. The Morgan fingerprint density at radius 3 is 2.41 bits per heavy atom. The Morgan fingerprint density at radius 1 is 1.32 bits per heavy atom. The van der Waals surface area contributed by atoms with Gasteiger partial charge in [0.25, 0.3) is 5.91 Å². The van der Waals surface area contributed by atoms with E-state index in [9.17, 15) is 13.2 Å². The number of nitrogens with zero attached hydrogens (tertiary/aromatic N) is 1. The summed E-state index contributed by atoms with van der Waals surface area (Å²) in [7, 11) is -3.47. The van der Waals surface area contributed by atoms with Crippen molar-refractivity contribution in [3.8, 4) is 0 Å². The number of carbonyl (C=O) groups excluding carboxylic acids is 1. The fourth-order valence-corrected chi connectivity index (χ4v) is 3.11. The lowest BCUT2D eigenvalue weighted by Crippen LogP contribution is -2.24. The van der Waals surface area contributed by atoms with E-state index < -0.39 is 15.7 Å². The van der Waals surface area contributed by atoms with Crippen LogP contribution in [-0.4, -0.2) is 26.5 Å². The van der Waals surface area contributed by atoms with Crippen LogP contribution in [0.4, 0.5) is 0 Å². The van der Waals surface area contributed by atoms with Gasteiger partial charge in [-0.05, 0) is 36.5 Å². The SMILES string of the molecule is C=CCCc1cc(CC)c(C(=O)N=C(N)N)cc1S(C)(=O)=O. The zero-order valence-electron chi connectivity index (χ0n) is 12.8. The first-order valence-electron chi connectivity index (χ1n) is 6.81. The van der Waals surface area contributed by atoms with Crippen LogP contribution in [0, 0.1) is 0 Å². The molecule has 6 nitrogen and oxygen atoms in total. The van der Waals surface area contributed by atoms with Gasteiger partial charge < -0.3 is 11.5 Å². The zero-order valence-corrected chi connectivity index (χ0v) is 13.6. The van der Waals surface area contributed by atoms with Crippen molar-refractivity contribution >= 4 is 21.7 Å². The number of benzene rings is 1. The van der Waals surface area contributed by atoms with Crippen LogP contribution in [0.5, 0.6) is 0 Å². The van der Waals surface area contributed by atoms with Crippen LogP contribution in [0.1, 0.15) is 34.8 Å². The van der Waals surface area contributed by atoms with Crippen molar-refractivity contribution in [2.75, 3.05) is 6.26 Å². The van der Waals surface area contributed by atoms with E-state index >= 15 is 0 Å². The number of sulfone groups is 1. The van der Waals surface area contributed by atoms with E-state index in [1.807, 2.05) is 6.92 Å². The van der Waals surface area contributed by atoms with E-state index in [1.54, 1.807) is 12.1 Å². The average Bonchev–Trinajstić information content (AvgIpc) is 2.42. The molecule has 7 heteroatoms. The van der Waals surface area contributed by atoms with E-state index in [0.717, 1.165) is 6.26 Å². The molecule has 22 heavy (non-hydrogen) atoms. The zero-order chi connectivity index (χ0) is 16.9. The van der Waals surface area contributed by atoms with Crippen LogP contribution in [-0.2, 0) is 22.7 Å². The van der Waals surface area contributed by atoms with Gasteiger partial charge in [0.1, 0.15) is 0 Å². The maximum Gasteiger partial charge on any atom is 0.280 e. The fourth-order valence-electron chi connectivity index (χ4n) is 2.14. The van der Waals surface area contributed by atoms with Crippen LogP contribution in [0.3, 0.4) is 0 Å². The lowest BCUT2D eigenvalue weighted by molar-refractivity contribution is 0.100. The van der Waals surface area contributed by atoms with Crippen molar-refractivity contribution in [1.82, 2.24) is 0 Å². The molecule has 0 saturated heterocycles. The number of allylic oxidation sites excluding steroid dienone is 1. The van der Waals surface area contributed by atoms with Crippen LogP contribution in [0.25, 0.3) is 0 Å². The van der Waals surface area contributed by atoms with Gasteiger partial charge in [0.05, 0.1) is 4.90 Å². The summed E-state index contributed by atoms with van der Waals surface area (Å²) in [6.07, 6.45) is 4.57. The first-order valence-corrected chi connectivity index (χ1v) is 8.70.